The molecular formula is C17H14N4O2S2. The molecule has 0 aliphatic rings. The minimum absolute atomic E-state index is 0.0418. The third-order valence-electron chi connectivity index (χ3n) is 3.84. The molecule has 6 nitrogen and oxygen atoms in total. The monoisotopic (exact) mass is 370 g/mol. The molecule has 0 amide bonds. The van der Waals surface area contributed by atoms with Crippen molar-refractivity contribution in [2.75, 3.05) is 0 Å². The molecule has 3 heterocycles. The maximum absolute atomic E-state index is 12.3. The van der Waals surface area contributed by atoms with Gasteiger partial charge in [-0.05, 0) is 23.9 Å². The van der Waals surface area contributed by atoms with Crippen molar-refractivity contribution in [3.05, 3.63) is 57.5 Å². The second kappa shape index (κ2) is 6.45. The van der Waals surface area contributed by atoms with Gasteiger partial charge in [0.25, 0.3) is 5.56 Å². The third kappa shape index (κ3) is 2.98. The molecule has 0 bridgehead atoms. The zero-order chi connectivity index (χ0) is 17.4. The average molecular weight is 370 g/mol. The summed E-state index contributed by atoms with van der Waals surface area (Å²) in [7, 11) is 1.72. The van der Waals surface area contributed by atoms with Crippen molar-refractivity contribution in [2.24, 2.45) is 7.05 Å². The van der Waals surface area contributed by atoms with Crippen molar-refractivity contribution in [1.82, 2.24) is 19.7 Å². The van der Waals surface area contributed by atoms with Crippen LogP contribution in [-0.4, -0.2) is 19.7 Å². The minimum atomic E-state index is -0.0418. The zero-order valence-corrected chi connectivity index (χ0v) is 15.2. The molecule has 0 unspecified atom stereocenters. The molecule has 3 aromatic heterocycles. The SMILES string of the molecule is Cc1ccccc1-c1noc(CSc2nc3sccc3c(=O)n2C)n1. The number of thiophene rings is 1. The molecular weight excluding hydrogens is 356 g/mol. The van der Waals surface area contributed by atoms with Crippen LogP contribution in [0.3, 0.4) is 0 Å². The van der Waals surface area contributed by atoms with E-state index in [1.165, 1.54) is 23.1 Å². The lowest BCUT2D eigenvalue weighted by Gasteiger charge is -2.05. The van der Waals surface area contributed by atoms with Gasteiger partial charge in [-0.15, -0.1) is 11.3 Å². The number of aryl methyl sites for hydroxylation is 1. The Morgan fingerprint density at radius 2 is 2.08 bits per heavy atom. The number of benzene rings is 1. The number of fused-ring (bicyclic) bond motifs is 1. The van der Waals surface area contributed by atoms with E-state index in [-0.39, 0.29) is 5.56 Å². The number of hydrogen-bond acceptors (Lipinski definition) is 7. The Labute approximate surface area is 151 Å². The molecule has 126 valence electrons. The number of nitrogens with zero attached hydrogens (tertiary/aromatic N) is 4. The van der Waals surface area contributed by atoms with Crippen LogP contribution in [0, 0.1) is 6.92 Å². The first kappa shape index (κ1) is 16.0. The molecule has 0 fully saturated rings. The van der Waals surface area contributed by atoms with E-state index in [4.69, 9.17) is 4.52 Å². The van der Waals surface area contributed by atoms with Crippen LogP contribution < -0.4 is 5.56 Å². The van der Waals surface area contributed by atoms with Crippen LogP contribution in [0.5, 0.6) is 0 Å². The van der Waals surface area contributed by atoms with Gasteiger partial charge < -0.3 is 4.52 Å². The van der Waals surface area contributed by atoms with Gasteiger partial charge in [-0.1, -0.05) is 41.2 Å². The molecule has 4 rings (SSSR count). The Balaban J connectivity index is 1.58. The molecule has 8 heteroatoms. The number of aromatic nitrogens is 4. The van der Waals surface area contributed by atoms with Crippen LogP contribution in [-0.2, 0) is 12.8 Å². The highest BCUT2D eigenvalue weighted by Gasteiger charge is 2.14. The molecule has 0 atom stereocenters. The lowest BCUT2D eigenvalue weighted by molar-refractivity contribution is 0.391. The normalized spacial score (nSPS) is 11.3. The highest BCUT2D eigenvalue weighted by molar-refractivity contribution is 7.98. The van der Waals surface area contributed by atoms with E-state index >= 15 is 0 Å². The molecule has 0 spiro atoms. The van der Waals surface area contributed by atoms with Crippen molar-refractivity contribution < 1.29 is 4.52 Å². The smallest absolute Gasteiger partial charge is 0.262 e. The van der Waals surface area contributed by atoms with Crippen LogP contribution in [0.4, 0.5) is 0 Å². The largest absolute Gasteiger partial charge is 0.338 e. The van der Waals surface area contributed by atoms with Crippen LogP contribution in [0.1, 0.15) is 11.5 Å². The summed E-state index contributed by atoms with van der Waals surface area (Å²) >= 11 is 2.87. The highest BCUT2D eigenvalue weighted by atomic mass is 32.2. The predicted molar refractivity (Wildman–Crippen MR) is 98.9 cm³/mol. The molecule has 0 N–H and O–H groups in total. The van der Waals surface area contributed by atoms with Gasteiger partial charge in [0.15, 0.2) is 5.16 Å². The van der Waals surface area contributed by atoms with Crippen molar-refractivity contribution in [2.45, 2.75) is 17.8 Å². The maximum atomic E-state index is 12.3. The molecule has 0 radical (unpaired) electrons. The fourth-order valence-electron chi connectivity index (χ4n) is 2.48. The molecule has 0 saturated carbocycles. The van der Waals surface area contributed by atoms with Crippen molar-refractivity contribution in [3.8, 4) is 11.4 Å². The molecule has 0 saturated heterocycles. The van der Waals surface area contributed by atoms with E-state index in [0.717, 1.165) is 16.0 Å². The fraction of sp³-hybridized carbons (Fsp3) is 0.176. The van der Waals surface area contributed by atoms with E-state index in [0.29, 0.717) is 28.0 Å². The topological polar surface area (TPSA) is 73.8 Å². The van der Waals surface area contributed by atoms with Crippen LogP contribution in [0.25, 0.3) is 21.6 Å². The molecule has 0 aliphatic heterocycles. The Kier molecular flexibility index (Phi) is 4.14. The average Bonchev–Trinajstić information content (AvgIpc) is 3.26. The Morgan fingerprint density at radius 1 is 1.24 bits per heavy atom. The molecule has 4 aromatic rings. The van der Waals surface area contributed by atoms with Crippen molar-refractivity contribution >= 4 is 33.3 Å². The predicted octanol–water partition coefficient (Wildman–Crippen LogP) is 3.65. The van der Waals surface area contributed by atoms with Gasteiger partial charge in [-0.2, -0.15) is 4.98 Å². The second-order valence-corrected chi connectivity index (χ2v) is 7.35. The third-order valence-corrected chi connectivity index (χ3v) is 5.66. The van der Waals surface area contributed by atoms with Gasteiger partial charge in [-0.3, -0.25) is 9.36 Å². The van der Waals surface area contributed by atoms with Crippen LogP contribution in [0.15, 0.2) is 50.2 Å². The van der Waals surface area contributed by atoms with E-state index in [2.05, 4.69) is 15.1 Å². The fourth-order valence-corrected chi connectivity index (χ4v) is 4.10. The Hall–Kier alpha value is -2.45. The Bertz CT molecular complexity index is 1110. The lowest BCUT2D eigenvalue weighted by atomic mass is 10.1. The summed E-state index contributed by atoms with van der Waals surface area (Å²) in [5.41, 5.74) is 2.00. The first-order valence-corrected chi connectivity index (χ1v) is 9.45. The summed E-state index contributed by atoms with van der Waals surface area (Å²) < 4.78 is 6.90. The summed E-state index contributed by atoms with van der Waals surface area (Å²) in [4.78, 5) is 22.1. The first-order valence-electron chi connectivity index (χ1n) is 7.59. The van der Waals surface area contributed by atoms with Gasteiger partial charge in [0, 0.05) is 12.6 Å². The zero-order valence-electron chi connectivity index (χ0n) is 13.6. The van der Waals surface area contributed by atoms with Crippen molar-refractivity contribution in [1.29, 1.82) is 0 Å². The quantitative estimate of drug-likeness (QED) is 0.403. The summed E-state index contributed by atoms with van der Waals surface area (Å²) in [5, 5.41) is 7.21. The summed E-state index contributed by atoms with van der Waals surface area (Å²) in [6, 6.07) is 9.70. The minimum Gasteiger partial charge on any atom is -0.338 e. The standard InChI is InChI=1S/C17H14N4O2S2/c1-10-5-3-4-6-11(10)14-18-13(23-20-14)9-25-17-19-15-12(7-8-24-15)16(22)21(17)2/h3-8H,9H2,1-2H3. The van der Waals surface area contributed by atoms with Crippen LogP contribution in [0.2, 0.25) is 0 Å². The van der Waals surface area contributed by atoms with Gasteiger partial charge in [0.1, 0.15) is 4.83 Å². The molecule has 25 heavy (non-hydrogen) atoms. The number of rotatable bonds is 4. The van der Waals surface area contributed by atoms with E-state index in [1.807, 2.05) is 36.6 Å². The summed E-state index contributed by atoms with van der Waals surface area (Å²) in [6.07, 6.45) is 0. The first-order chi connectivity index (χ1) is 12.1. The number of hydrogen-bond donors (Lipinski definition) is 0. The van der Waals surface area contributed by atoms with Gasteiger partial charge in [-0.25, -0.2) is 4.98 Å². The van der Waals surface area contributed by atoms with E-state index in [1.54, 1.807) is 17.7 Å². The van der Waals surface area contributed by atoms with Gasteiger partial charge >= 0.3 is 0 Å². The Morgan fingerprint density at radius 3 is 2.92 bits per heavy atom. The molecule has 1 aromatic carbocycles. The van der Waals surface area contributed by atoms with Crippen LogP contribution >= 0.6 is 23.1 Å². The van der Waals surface area contributed by atoms with Gasteiger partial charge in [0.05, 0.1) is 11.1 Å². The summed E-state index contributed by atoms with van der Waals surface area (Å²) in [6.45, 7) is 2.01. The number of thioether (sulfide) groups is 1. The lowest BCUT2D eigenvalue weighted by Crippen LogP contribution is -2.19. The van der Waals surface area contributed by atoms with Gasteiger partial charge in [0.2, 0.25) is 11.7 Å². The maximum Gasteiger partial charge on any atom is 0.262 e. The highest BCUT2D eigenvalue weighted by Crippen LogP contribution is 2.25. The van der Waals surface area contributed by atoms with E-state index < -0.39 is 0 Å². The summed E-state index contributed by atoms with van der Waals surface area (Å²) in [5.74, 6) is 1.53. The van der Waals surface area contributed by atoms with Crippen molar-refractivity contribution in [3.63, 3.8) is 0 Å². The van der Waals surface area contributed by atoms with E-state index in [9.17, 15) is 4.79 Å². The molecule has 0 aliphatic carbocycles. The second-order valence-electron chi connectivity index (χ2n) is 5.51.